The molecule has 0 spiro atoms. The molecule has 3 nitrogen and oxygen atoms in total. The van der Waals surface area contributed by atoms with Gasteiger partial charge in [-0.1, -0.05) is 23.7 Å². The molecule has 0 unspecified atom stereocenters. The molecule has 3 N–H and O–H groups in total. The van der Waals surface area contributed by atoms with Crippen molar-refractivity contribution < 1.29 is 4.39 Å². The zero-order valence-corrected chi connectivity index (χ0v) is 11.8. The minimum absolute atomic E-state index is 0.0176. The molecule has 0 saturated heterocycles. The number of nitrogens with zero attached hydrogens (tertiary/aromatic N) is 1. The first kappa shape index (κ1) is 14.3. The third-order valence-electron chi connectivity index (χ3n) is 3.01. The van der Waals surface area contributed by atoms with Crippen LogP contribution in [0.25, 0.3) is 0 Å². The Morgan fingerprint density at radius 3 is 2.75 bits per heavy atom. The highest BCUT2D eigenvalue weighted by molar-refractivity contribution is 6.31. The van der Waals surface area contributed by atoms with Gasteiger partial charge in [-0.05, 0) is 35.9 Å². The molecule has 2 rings (SSSR count). The van der Waals surface area contributed by atoms with Crippen molar-refractivity contribution in [1.82, 2.24) is 0 Å². The highest BCUT2D eigenvalue weighted by atomic mass is 35.5. The number of anilines is 1. The molecule has 0 atom stereocenters. The van der Waals surface area contributed by atoms with Gasteiger partial charge < -0.3 is 10.6 Å². The molecule has 5 heteroatoms. The molecule has 0 heterocycles. The molecule has 0 aliphatic carbocycles. The van der Waals surface area contributed by atoms with Gasteiger partial charge in [0.15, 0.2) is 0 Å². The highest BCUT2D eigenvalue weighted by Crippen LogP contribution is 2.22. The van der Waals surface area contributed by atoms with E-state index in [4.69, 9.17) is 22.7 Å². The molecule has 0 aromatic heterocycles. The molecule has 0 aliphatic heterocycles. The van der Waals surface area contributed by atoms with Crippen LogP contribution in [0.1, 0.15) is 11.1 Å². The van der Waals surface area contributed by atoms with Gasteiger partial charge >= 0.3 is 0 Å². The molecule has 0 saturated carbocycles. The number of nitrogen functional groups attached to an aromatic ring is 1. The third kappa shape index (κ3) is 3.27. The van der Waals surface area contributed by atoms with Crippen molar-refractivity contribution in [2.24, 2.45) is 5.73 Å². The van der Waals surface area contributed by atoms with Gasteiger partial charge in [0.2, 0.25) is 0 Å². The maximum absolute atomic E-state index is 13.2. The number of benzene rings is 2. The maximum atomic E-state index is 13.2. The maximum Gasteiger partial charge on any atom is 0.123 e. The lowest BCUT2D eigenvalue weighted by Gasteiger charge is -2.20. The second kappa shape index (κ2) is 5.92. The average Bonchev–Trinajstić information content (AvgIpc) is 2.43. The summed E-state index contributed by atoms with van der Waals surface area (Å²) in [5.74, 6) is -0.292. The topological polar surface area (TPSA) is 53.1 Å². The van der Waals surface area contributed by atoms with E-state index in [-0.39, 0.29) is 11.7 Å². The van der Waals surface area contributed by atoms with Crippen LogP contribution in [0, 0.1) is 11.2 Å². The van der Waals surface area contributed by atoms with Crippen molar-refractivity contribution in [2.75, 3.05) is 11.9 Å². The van der Waals surface area contributed by atoms with E-state index in [2.05, 4.69) is 0 Å². The highest BCUT2D eigenvalue weighted by Gasteiger charge is 2.08. The van der Waals surface area contributed by atoms with Gasteiger partial charge in [-0.3, -0.25) is 5.41 Å². The van der Waals surface area contributed by atoms with E-state index < -0.39 is 0 Å². The van der Waals surface area contributed by atoms with Crippen molar-refractivity contribution >= 4 is 23.1 Å². The van der Waals surface area contributed by atoms with Crippen molar-refractivity contribution in [3.63, 3.8) is 0 Å². The summed E-state index contributed by atoms with van der Waals surface area (Å²) in [6.07, 6.45) is 0. The van der Waals surface area contributed by atoms with E-state index in [1.54, 1.807) is 12.1 Å². The molecule has 0 bridgehead atoms. The average molecular weight is 292 g/mol. The van der Waals surface area contributed by atoms with E-state index in [0.29, 0.717) is 22.7 Å². The monoisotopic (exact) mass is 291 g/mol. The molecular weight excluding hydrogens is 277 g/mol. The van der Waals surface area contributed by atoms with Gasteiger partial charge in [-0.25, -0.2) is 4.39 Å². The molecule has 0 fully saturated rings. The van der Waals surface area contributed by atoms with E-state index >= 15 is 0 Å². The first-order chi connectivity index (χ1) is 9.47. The lowest BCUT2D eigenvalue weighted by molar-refractivity contribution is 0.625. The normalized spacial score (nSPS) is 10.3. The fourth-order valence-corrected chi connectivity index (χ4v) is 2.10. The van der Waals surface area contributed by atoms with Crippen LogP contribution in [0.5, 0.6) is 0 Å². The second-order valence-corrected chi connectivity index (χ2v) is 4.96. The van der Waals surface area contributed by atoms with Crippen LogP contribution in [0.3, 0.4) is 0 Å². The summed E-state index contributed by atoms with van der Waals surface area (Å²) in [4.78, 5) is 1.92. The Hall–Kier alpha value is -2.07. The molecule has 2 aromatic rings. The predicted molar refractivity (Wildman–Crippen MR) is 81.0 cm³/mol. The zero-order valence-electron chi connectivity index (χ0n) is 11.0. The molecule has 20 heavy (non-hydrogen) atoms. The summed E-state index contributed by atoms with van der Waals surface area (Å²) >= 11 is 6.06. The van der Waals surface area contributed by atoms with Crippen molar-refractivity contribution in [3.8, 4) is 0 Å². The summed E-state index contributed by atoms with van der Waals surface area (Å²) in [5, 5.41) is 7.97. The van der Waals surface area contributed by atoms with Gasteiger partial charge in [-0.15, -0.1) is 0 Å². The Balaban J connectivity index is 2.23. The van der Waals surface area contributed by atoms with E-state index in [0.717, 1.165) is 5.69 Å². The number of halogens is 2. The third-order valence-corrected chi connectivity index (χ3v) is 3.38. The predicted octanol–water partition coefficient (Wildman–Crippen LogP) is 3.40. The van der Waals surface area contributed by atoms with E-state index in [9.17, 15) is 4.39 Å². The fourth-order valence-electron chi connectivity index (χ4n) is 1.92. The summed E-state index contributed by atoms with van der Waals surface area (Å²) in [5.41, 5.74) is 7.72. The molecule has 0 radical (unpaired) electrons. The standard InChI is InChI=1S/C15H15ClFN3/c1-20(9-11-7-12(17)5-6-14(11)16)13-4-2-3-10(8-13)15(18)19/h2-8H,9H2,1H3,(H3,18,19). The fraction of sp³-hybridized carbons (Fsp3) is 0.133. The van der Waals surface area contributed by atoms with Crippen LogP contribution < -0.4 is 10.6 Å². The first-order valence-electron chi connectivity index (χ1n) is 6.07. The van der Waals surface area contributed by atoms with Crippen molar-refractivity contribution in [1.29, 1.82) is 5.41 Å². The zero-order chi connectivity index (χ0) is 14.7. The summed E-state index contributed by atoms with van der Waals surface area (Å²) in [6.45, 7) is 0.470. The van der Waals surface area contributed by atoms with Crippen LogP contribution in [-0.2, 0) is 6.54 Å². The lowest BCUT2D eigenvalue weighted by Crippen LogP contribution is -2.18. The molecule has 0 amide bonds. The lowest BCUT2D eigenvalue weighted by atomic mass is 10.1. The Labute approximate surface area is 122 Å². The number of rotatable bonds is 4. The Morgan fingerprint density at radius 2 is 2.05 bits per heavy atom. The minimum Gasteiger partial charge on any atom is -0.384 e. The number of amidine groups is 1. The number of hydrogen-bond donors (Lipinski definition) is 2. The molecule has 0 aliphatic rings. The van der Waals surface area contributed by atoms with Gasteiger partial charge in [0.05, 0.1) is 0 Å². The SMILES string of the molecule is CN(Cc1cc(F)ccc1Cl)c1cccc(C(=N)N)c1. The van der Waals surface area contributed by atoms with Gasteiger partial charge in [-0.2, -0.15) is 0 Å². The number of nitrogens with two attached hydrogens (primary N) is 1. The van der Waals surface area contributed by atoms with E-state index in [1.807, 2.05) is 30.1 Å². The van der Waals surface area contributed by atoms with Crippen LogP contribution in [0.2, 0.25) is 5.02 Å². The number of hydrogen-bond acceptors (Lipinski definition) is 2. The van der Waals surface area contributed by atoms with Crippen LogP contribution in [0.15, 0.2) is 42.5 Å². The van der Waals surface area contributed by atoms with Gasteiger partial charge in [0.25, 0.3) is 0 Å². The van der Waals surface area contributed by atoms with Crippen molar-refractivity contribution in [2.45, 2.75) is 6.54 Å². The summed E-state index contributed by atoms with van der Waals surface area (Å²) < 4.78 is 13.2. The van der Waals surface area contributed by atoms with Crippen LogP contribution >= 0.6 is 11.6 Å². The molecule has 104 valence electrons. The summed E-state index contributed by atoms with van der Waals surface area (Å²) in [7, 11) is 1.88. The first-order valence-corrected chi connectivity index (χ1v) is 6.44. The van der Waals surface area contributed by atoms with Gasteiger partial charge in [0, 0.05) is 29.9 Å². The molecular formula is C15H15ClFN3. The van der Waals surface area contributed by atoms with E-state index in [1.165, 1.54) is 12.1 Å². The Bertz CT molecular complexity index is 643. The summed E-state index contributed by atoms with van der Waals surface area (Å²) in [6, 6.07) is 11.6. The van der Waals surface area contributed by atoms with Crippen LogP contribution in [-0.4, -0.2) is 12.9 Å². The Kier molecular flexibility index (Phi) is 4.25. The smallest absolute Gasteiger partial charge is 0.123 e. The minimum atomic E-state index is -0.310. The van der Waals surface area contributed by atoms with Gasteiger partial charge in [0.1, 0.15) is 11.7 Å². The van der Waals surface area contributed by atoms with Crippen molar-refractivity contribution in [3.05, 3.63) is 64.4 Å². The van der Waals surface area contributed by atoms with Crippen LogP contribution in [0.4, 0.5) is 10.1 Å². The second-order valence-electron chi connectivity index (χ2n) is 4.56. The quantitative estimate of drug-likeness (QED) is 0.670. The Morgan fingerprint density at radius 1 is 1.30 bits per heavy atom. The molecule has 2 aromatic carbocycles. The number of nitrogens with one attached hydrogen (secondary N) is 1. The largest absolute Gasteiger partial charge is 0.384 e.